The second kappa shape index (κ2) is 15.6. The topological polar surface area (TPSA) is 16.4 Å². The van der Waals surface area contributed by atoms with Crippen LogP contribution in [0.25, 0.3) is 88.7 Å². The van der Waals surface area contributed by atoms with Crippen LogP contribution in [0, 0.1) is 0 Å². The number of rotatable bonds is 7. The molecule has 0 N–H and O–H groups in total. The molecule has 0 saturated heterocycles. The molecule has 0 atom stereocenters. The summed E-state index contributed by atoms with van der Waals surface area (Å²) in [7, 11) is 0. The highest BCUT2D eigenvalue weighted by atomic mass is 16.3. The first kappa shape index (κ1) is 39.2. The van der Waals surface area contributed by atoms with Crippen molar-refractivity contribution in [2.45, 2.75) is 5.41 Å². The van der Waals surface area contributed by atoms with Gasteiger partial charge < -0.3 is 9.32 Å². The van der Waals surface area contributed by atoms with Gasteiger partial charge in [0.15, 0.2) is 0 Å². The normalized spacial score (nSPS) is 12.8. The Labute approximate surface area is 401 Å². The molecule has 2 aliphatic carbocycles. The van der Waals surface area contributed by atoms with Crippen LogP contribution in [-0.2, 0) is 5.41 Å². The number of furan rings is 1. The van der Waals surface area contributed by atoms with E-state index >= 15 is 0 Å². The first-order valence-electron chi connectivity index (χ1n) is 23.8. The molecule has 2 nitrogen and oxygen atoms in total. The Balaban J connectivity index is 1.07. The summed E-state index contributed by atoms with van der Waals surface area (Å²) in [5.41, 5.74) is 23.9. The zero-order chi connectivity index (χ0) is 45.5. The fraction of sp³-hybridized carbons (Fsp3) is 0.0149. The maximum atomic E-state index is 7.18. The molecule has 322 valence electrons. The van der Waals surface area contributed by atoms with E-state index < -0.39 is 5.41 Å². The van der Waals surface area contributed by atoms with E-state index in [2.05, 4.69) is 266 Å². The summed E-state index contributed by atoms with van der Waals surface area (Å²) in [6.07, 6.45) is 0. The van der Waals surface area contributed by atoms with Gasteiger partial charge in [0, 0.05) is 22.3 Å². The van der Waals surface area contributed by atoms with Crippen LogP contribution < -0.4 is 4.90 Å². The predicted octanol–water partition coefficient (Wildman–Crippen LogP) is 18.1. The number of hydrogen-bond donors (Lipinski definition) is 0. The lowest BCUT2D eigenvalue weighted by Crippen LogP contribution is -2.26. The van der Waals surface area contributed by atoms with Gasteiger partial charge in [0.2, 0.25) is 0 Å². The minimum Gasteiger partial charge on any atom is -0.456 e. The molecule has 0 fully saturated rings. The standard InChI is InChI=1S/C67H43NO/c1-4-16-44(17-5-1)47-28-30-48(31-29-47)50-34-39-53(40-35-50)68(52-37-32-49(33-38-52)45-18-6-2-7-19-45)66-64-56-24-12-15-27-60(56)67(58-25-13-10-22-54(58)55-23-11-14-26-59(55)67)61(64)43-63-65(66)57-42-51(36-41-62(57)69-63)46-20-8-3-9-21-46/h1-43H. The maximum absolute atomic E-state index is 7.18. The van der Waals surface area contributed by atoms with Crippen LogP contribution in [0.4, 0.5) is 17.1 Å². The first-order valence-corrected chi connectivity index (χ1v) is 23.8. The van der Waals surface area contributed by atoms with Crippen molar-refractivity contribution < 1.29 is 4.42 Å². The molecule has 2 aliphatic rings. The molecule has 0 unspecified atom stereocenters. The highest BCUT2D eigenvalue weighted by Gasteiger charge is 2.53. The zero-order valence-electron chi connectivity index (χ0n) is 37.7. The van der Waals surface area contributed by atoms with Gasteiger partial charge >= 0.3 is 0 Å². The summed E-state index contributed by atoms with van der Waals surface area (Å²) in [4.78, 5) is 2.50. The van der Waals surface area contributed by atoms with Crippen LogP contribution in [0.5, 0.6) is 0 Å². The SMILES string of the molecule is c1ccc(-c2ccc(-c3ccc(N(c4ccc(-c5ccccc5)cc4)c4c5c(cc6oc7ccc(-c8ccccc8)cc7c46)C4(c6ccccc6-c6ccccc64)c4ccccc4-5)cc3)cc2)cc1. The first-order chi connectivity index (χ1) is 34.2. The third kappa shape index (κ3) is 5.99. The molecule has 1 aromatic heterocycles. The lowest BCUT2D eigenvalue weighted by molar-refractivity contribution is 0.666. The fourth-order valence-corrected chi connectivity index (χ4v) is 11.6. The molecule has 2 heteroatoms. The minimum atomic E-state index is -0.575. The van der Waals surface area contributed by atoms with Crippen molar-refractivity contribution in [3.63, 3.8) is 0 Å². The zero-order valence-corrected chi connectivity index (χ0v) is 37.7. The monoisotopic (exact) mass is 877 g/mol. The van der Waals surface area contributed by atoms with E-state index in [1.165, 1.54) is 77.9 Å². The van der Waals surface area contributed by atoms with Crippen LogP contribution in [-0.4, -0.2) is 0 Å². The van der Waals surface area contributed by atoms with Crippen molar-refractivity contribution in [1.29, 1.82) is 0 Å². The number of hydrogen-bond acceptors (Lipinski definition) is 2. The second-order valence-electron chi connectivity index (χ2n) is 18.3. The summed E-state index contributed by atoms with van der Waals surface area (Å²) in [6, 6.07) is 95.4. The number of benzene rings is 11. The average molecular weight is 878 g/mol. The fourth-order valence-electron chi connectivity index (χ4n) is 11.6. The Kier molecular flexibility index (Phi) is 8.84. The molecule has 69 heavy (non-hydrogen) atoms. The predicted molar refractivity (Wildman–Crippen MR) is 286 cm³/mol. The molecular formula is C67H43NO. The van der Waals surface area contributed by atoms with E-state index in [0.717, 1.165) is 50.1 Å². The van der Waals surface area contributed by atoms with Gasteiger partial charge in [-0.1, -0.05) is 218 Å². The molecule has 14 rings (SSSR count). The average Bonchev–Trinajstić information content (AvgIpc) is 4.05. The number of anilines is 3. The van der Waals surface area contributed by atoms with Crippen molar-refractivity contribution in [2.24, 2.45) is 0 Å². The van der Waals surface area contributed by atoms with E-state index in [1.807, 2.05) is 0 Å². The van der Waals surface area contributed by atoms with E-state index in [0.29, 0.717) is 0 Å². The highest BCUT2D eigenvalue weighted by Crippen LogP contribution is 2.66. The summed E-state index contributed by atoms with van der Waals surface area (Å²) in [5.74, 6) is 0. The molecule has 0 saturated carbocycles. The molecule has 0 aliphatic heterocycles. The summed E-state index contributed by atoms with van der Waals surface area (Å²) in [6.45, 7) is 0. The quantitative estimate of drug-likeness (QED) is 0.159. The van der Waals surface area contributed by atoms with Crippen molar-refractivity contribution >= 4 is 39.0 Å². The van der Waals surface area contributed by atoms with E-state index in [4.69, 9.17) is 4.42 Å². The number of fused-ring (bicyclic) bond motifs is 13. The van der Waals surface area contributed by atoms with Gasteiger partial charge in [0.25, 0.3) is 0 Å². The van der Waals surface area contributed by atoms with E-state index in [-0.39, 0.29) is 0 Å². The van der Waals surface area contributed by atoms with Gasteiger partial charge in [-0.3, -0.25) is 0 Å². The third-order valence-corrected chi connectivity index (χ3v) is 14.7. The summed E-state index contributed by atoms with van der Waals surface area (Å²) < 4.78 is 7.18. The van der Waals surface area contributed by atoms with E-state index in [1.54, 1.807) is 0 Å². The smallest absolute Gasteiger partial charge is 0.137 e. The van der Waals surface area contributed by atoms with Gasteiger partial charge in [-0.25, -0.2) is 0 Å². The second-order valence-corrected chi connectivity index (χ2v) is 18.3. The van der Waals surface area contributed by atoms with E-state index in [9.17, 15) is 0 Å². The molecule has 1 heterocycles. The van der Waals surface area contributed by atoms with Crippen LogP contribution in [0.1, 0.15) is 22.3 Å². The molecule has 1 spiro atoms. The molecular weight excluding hydrogens is 835 g/mol. The Morgan fingerprint density at radius 2 is 0.667 bits per heavy atom. The van der Waals surface area contributed by atoms with Crippen molar-refractivity contribution in [1.82, 2.24) is 0 Å². The molecule has 0 bridgehead atoms. The molecule has 0 radical (unpaired) electrons. The van der Waals surface area contributed by atoms with Gasteiger partial charge in [0.1, 0.15) is 11.2 Å². The largest absolute Gasteiger partial charge is 0.456 e. The number of nitrogens with zero attached hydrogens (tertiary/aromatic N) is 1. The molecule has 11 aromatic carbocycles. The summed E-state index contributed by atoms with van der Waals surface area (Å²) >= 11 is 0. The lowest BCUT2D eigenvalue weighted by atomic mass is 9.70. The Morgan fingerprint density at radius 3 is 1.16 bits per heavy atom. The minimum absolute atomic E-state index is 0.575. The molecule has 0 amide bonds. The third-order valence-electron chi connectivity index (χ3n) is 14.7. The highest BCUT2D eigenvalue weighted by molar-refractivity contribution is 6.20. The Hall–Kier alpha value is -8.98. The maximum Gasteiger partial charge on any atom is 0.137 e. The Morgan fingerprint density at radius 1 is 0.290 bits per heavy atom. The van der Waals surface area contributed by atoms with Gasteiger partial charge in [-0.15, -0.1) is 0 Å². The van der Waals surface area contributed by atoms with Crippen LogP contribution in [0.2, 0.25) is 0 Å². The van der Waals surface area contributed by atoms with Gasteiger partial charge in [0.05, 0.1) is 16.5 Å². The van der Waals surface area contributed by atoms with Gasteiger partial charge in [-0.05, 0) is 126 Å². The Bertz CT molecular complexity index is 3860. The van der Waals surface area contributed by atoms with Crippen LogP contribution in [0.15, 0.2) is 265 Å². The lowest BCUT2D eigenvalue weighted by Gasteiger charge is -2.32. The summed E-state index contributed by atoms with van der Waals surface area (Å²) in [5, 5.41) is 2.16. The van der Waals surface area contributed by atoms with Crippen LogP contribution in [0.3, 0.4) is 0 Å². The van der Waals surface area contributed by atoms with Crippen LogP contribution >= 0.6 is 0 Å². The van der Waals surface area contributed by atoms with Crippen molar-refractivity contribution in [2.75, 3.05) is 4.90 Å². The van der Waals surface area contributed by atoms with Gasteiger partial charge in [-0.2, -0.15) is 0 Å². The molecule has 12 aromatic rings. The van der Waals surface area contributed by atoms with Crippen molar-refractivity contribution in [3.8, 4) is 66.8 Å². The van der Waals surface area contributed by atoms with Crippen molar-refractivity contribution in [3.05, 3.63) is 283 Å².